The molecule has 1 aromatic rings. The molecule has 0 aliphatic carbocycles. The van der Waals surface area contributed by atoms with Gasteiger partial charge in [-0.1, -0.05) is 0 Å². The molecule has 0 saturated heterocycles. The first-order chi connectivity index (χ1) is 5.69. The van der Waals surface area contributed by atoms with Crippen molar-refractivity contribution in [3.05, 3.63) is 28.8 Å². The summed E-state index contributed by atoms with van der Waals surface area (Å²) in [4.78, 5) is 0. The second-order valence-corrected chi connectivity index (χ2v) is 2.91. The molecular weight excluding hydrogens is 152 g/mol. The lowest BCUT2D eigenvalue weighted by molar-refractivity contribution is 0.280. The number of rotatable bonds is 2. The second kappa shape index (κ2) is 3.59. The fourth-order valence-corrected chi connectivity index (χ4v) is 1.24. The monoisotopic (exact) mass is 166 g/mol. The van der Waals surface area contributed by atoms with Gasteiger partial charge in [0.05, 0.1) is 13.7 Å². The van der Waals surface area contributed by atoms with Crippen LogP contribution in [0.25, 0.3) is 0 Å². The molecule has 0 aliphatic rings. The first-order valence-corrected chi connectivity index (χ1v) is 3.94. The van der Waals surface area contributed by atoms with E-state index in [1.165, 1.54) is 0 Å². The number of hydrogen-bond donors (Lipinski definition) is 1. The van der Waals surface area contributed by atoms with Gasteiger partial charge in [-0.3, -0.25) is 0 Å². The summed E-state index contributed by atoms with van der Waals surface area (Å²) in [7, 11) is 1.65. The van der Waals surface area contributed by atoms with Crippen LogP contribution in [0.5, 0.6) is 5.75 Å². The molecule has 66 valence electrons. The maximum atomic E-state index is 8.97. The van der Waals surface area contributed by atoms with Crippen LogP contribution in [0, 0.1) is 13.8 Å². The van der Waals surface area contributed by atoms with E-state index in [2.05, 4.69) is 0 Å². The van der Waals surface area contributed by atoms with E-state index in [1.54, 1.807) is 7.11 Å². The third-order valence-electron chi connectivity index (χ3n) is 2.02. The smallest absolute Gasteiger partial charge is 0.122 e. The van der Waals surface area contributed by atoms with E-state index in [0.717, 1.165) is 22.4 Å². The number of hydrogen-bond acceptors (Lipinski definition) is 2. The van der Waals surface area contributed by atoms with Crippen LogP contribution >= 0.6 is 0 Å². The maximum absolute atomic E-state index is 8.97. The standard InChI is InChI=1S/C10H14O2/c1-7-5-10(12-3)8(2)4-9(7)6-11/h4-5,11H,6H2,1-3H3. The quantitative estimate of drug-likeness (QED) is 0.726. The topological polar surface area (TPSA) is 29.5 Å². The number of benzene rings is 1. The Morgan fingerprint density at radius 2 is 1.92 bits per heavy atom. The van der Waals surface area contributed by atoms with Gasteiger partial charge in [-0.25, -0.2) is 0 Å². The van der Waals surface area contributed by atoms with Crippen molar-refractivity contribution in [1.29, 1.82) is 0 Å². The van der Waals surface area contributed by atoms with Gasteiger partial charge in [-0.2, -0.15) is 0 Å². The number of methoxy groups -OCH3 is 1. The van der Waals surface area contributed by atoms with E-state index in [-0.39, 0.29) is 6.61 Å². The molecule has 2 nitrogen and oxygen atoms in total. The van der Waals surface area contributed by atoms with Crippen molar-refractivity contribution in [2.24, 2.45) is 0 Å². The fraction of sp³-hybridized carbons (Fsp3) is 0.400. The average molecular weight is 166 g/mol. The molecule has 0 heterocycles. The molecule has 12 heavy (non-hydrogen) atoms. The Kier molecular flexibility index (Phi) is 2.71. The lowest BCUT2D eigenvalue weighted by Crippen LogP contribution is -1.93. The van der Waals surface area contributed by atoms with E-state index < -0.39 is 0 Å². The third-order valence-corrected chi connectivity index (χ3v) is 2.02. The van der Waals surface area contributed by atoms with Crippen LogP contribution < -0.4 is 4.74 Å². The molecule has 0 amide bonds. The van der Waals surface area contributed by atoms with Crippen LogP contribution in [-0.2, 0) is 6.61 Å². The fourth-order valence-electron chi connectivity index (χ4n) is 1.24. The van der Waals surface area contributed by atoms with E-state index in [0.29, 0.717) is 0 Å². The summed E-state index contributed by atoms with van der Waals surface area (Å²) >= 11 is 0. The summed E-state index contributed by atoms with van der Waals surface area (Å²) in [5, 5.41) is 8.97. The van der Waals surface area contributed by atoms with Gasteiger partial charge in [0.25, 0.3) is 0 Å². The highest BCUT2D eigenvalue weighted by Gasteiger charge is 2.02. The van der Waals surface area contributed by atoms with Gasteiger partial charge in [-0.15, -0.1) is 0 Å². The van der Waals surface area contributed by atoms with Crippen LogP contribution in [-0.4, -0.2) is 12.2 Å². The van der Waals surface area contributed by atoms with Crippen molar-refractivity contribution in [1.82, 2.24) is 0 Å². The van der Waals surface area contributed by atoms with Crippen molar-refractivity contribution in [3.8, 4) is 5.75 Å². The predicted octanol–water partition coefficient (Wildman–Crippen LogP) is 1.80. The molecule has 0 saturated carbocycles. The number of ether oxygens (including phenoxy) is 1. The molecule has 0 aliphatic heterocycles. The summed E-state index contributed by atoms with van der Waals surface area (Å²) < 4.78 is 5.14. The lowest BCUT2D eigenvalue weighted by Gasteiger charge is -2.08. The Morgan fingerprint density at radius 3 is 2.42 bits per heavy atom. The highest BCUT2D eigenvalue weighted by atomic mass is 16.5. The van der Waals surface area contributed by atoms with Crippen LogP contribution in [0.15, 0.2) is 12.1 Å². The van der Waals surface area contributed by atoms with Gasteiger partial charge < -0.3 is 9.84 Å². The van der Waals surface area contributed by atoms with Crippen LogP contribution in [0.2, 0.25) is 0 Å². The minimum Gasteiger partial charge on any atom is -0.496 e. The minimum atomic E-state index is 0.0939. The Labute approximate surface area is 72.8 Å². The zero-order valence-electron chi connectivity index (χ0n) is 7.72. The van der Waals surface area contributed by atoms with Crippen LogP contribution in [0.4, 0.5) is 0 Å². The van der Waals surface area contributed by atoms with Gasteiger partial charge >= 0.3 is 0 Å². The molecule has 0 radical (unpaired) electrons. The summed E-state index contributed by atoms with van der Waals surface area (Å²) in [5.41, 5.74) is 3.10. The molecule has 1 aromatic carbocycles. The Morgan fingerprint density at radius 1 is 1.25 bits per heavy atom. The van der Waals surface area contributed by atoms with E-state index in [4.69, 9.17) is 9.84 Å². The van der Waals surface area contributed by atoms with Crippen LogP contribution in [0.3, 0.4) is 0 Å². The third kappa shape index (κ3) is 1.59. The zero-order chi connectivity index (χ0) is 9.14. The molecular formula is C10H14O2. The number of aliphatic hydroxyl groups excluding tert-OH is 1. The maximum Gasteiger partial charge on any atom is 0.122 e. The molecule has 0 aromatic heterocycles. The molecule has 0 bridgehead atoms. The summed E-state index contributed by atoms with van der Waals surface area (Å²) in [6.45, 7) is 4.03. The van der Waals surface area contributed by atoms with Crippen molar-refractivity contribution in [3.63, 3.8) is 0 Å². The number of aliphatic hydroxyl groups is 1. The predicted molar refractivity (Wildman–Crippen MR) is 48.4 cm³/mol. The van der Waals surface area contributed by atoms with Crippen molar-refractivity contribution in [2.45, 2.75) is 20.5 Å². The van der Waals surface area contributed by atoms with Gasteiger partial charge in [-0.05, 0) is 42.7 Å². The van der Waals surface area contributed by atoms with Gasteiger partial charge in [0.15, 0.2) is 0 Å². The Balaban J connectivity index is 3.16. The van der Waals surface area contributed by atoms with Gasteiger partial charge in [0.1, 0.15) is 5.75 Å². The zero-order valence-corrected chi connectivity index (χ0v) is 7.72. The Hall–Kier alpha value is -1.02. The van der Waals surface area contributed by atoms with Crippen molar-refractivity contribution in [2.75, 3.05) is 7.11 Å². The van der Waals surface area contributed by atoms with E-state index in [1.807, 2.05) is 26.0 Å². The Bertz CT molecular complexity index is 250. The summed E-state index contributed by atoms with van der Waals surface area (Å²) in [6.07, 6.45) is 0. The first-order valence-electron chi connectivity index (χ1n) is 3.94. The highest BCUT2D eigenvalue weighted by Crippen LogP contribution is 2.22. The molecule has 0 unspecified atom stereocenters. The molecule has 0 fully saturated rings. The summed E-state index contributed by atoms with van der Waals surface area (Å²) in [6, 6.07) is 3.90. The molecule has 1 N–H and O–H groups in total. The molecule has 0 spiro atoms. The SMILES string of the molecule is COc1cc(C)c(CO)cc1C. The van der Waals surface area contributed by atoms with E-state index in [9.17, 15) is 0 Å². The van der Waals surface area contributed by atoms with Gasteiger partial charge in [0, 0.05) is 0 Å². The average Bonchev–Trinajstić information content (AvgIpc) is 2.08. The first kappa shape index (κ1) is 9.07. The second-order valence-electron chi connectivity index (χ2n) is 2.91. The summed E-state index contributed by atoms with van der Waals surface area (Å²) in [5.74, 6) is 0.879. The van der Waals surface area contributed by atoms with Crippen LogP contribution in [0.1, 0.15) is 16.7 Å². The normalized spacial score (nSPS) is 10.0. The van der Waals surface area contributed by atoms with Crippen molar-refractivity contribution < 1.29 is 9.84 Å². The molecule has 2 heteroatoms. The highest BCUT2D eigenvalue weighted by molar-refractivity contribution is 5.41. The largest absolute Gasteiger partial charge is 0.496 e. The van der Waals surface area contributed by atoms with Gasteiger partial charge in [0.2, 0.25) is 0 Å². The molecule has 1 rings (SSSR count). The van der Waals surface area contributed by atoms with E-state index >= 15 is 0 Å². The lowest BCUT2D eigenvalue weighted by atomic mass is 10.1. The number of aryl methyl sites for hydroxylation is 2. The van der Waals surface area contributed by atoms with Crippen molar-refractivity contribution >= 4 is 0 Å². The minimum absolute atomic E-state index is 0.0939. The molecule has 0 atom stereocenters.